The molecule has 2 aromatic rings. The molecule has 0 amide bonds. The van der Waals surface area contributed by atoms with Crippen molar-refractivity contribution in [3.05, 3.63) is 53.0 Å². The highest BCUT2D eigenvalue weighted by Crippen LogP contribution is 2.20. The van der Waals surface area contributed by atoms with Crippen LogP contribution in [0.4, 0.5) is 5.69 Å². The van der Waals surface area contributed by atoms with E-state index in [1.807, 2.05) is 0 Å². The quantitative estimate of drug-likeness (QED) is 0.797. The minimum absolute atomic E-state index is 0.141. The molecule has 0 radical (unpaired) electrons. The Kier molecular flexibility index (Phi) is 5.04. The molecule has 2 aromatic carbocycles. The number of ether oxygens (including phenoxy) is 1. The Bertz CT molecular complexity index is 757. The van der Waals surface area contributed by atoms with Crippen LogP contribution in [0.5, 0.6) is 5.75 Å². The Morgan fingerprint density at radius 3 is 2.23 bits per heavy atom. The maximum absolute atomic E-state index is 12.2. The van der Waals surface area contributed by atoms with Gasteiger partial charge in [0.1, 0.15) is 5.75 Å². The van der Waals surface area contributed by atoms with E-state index in [1.165, 1.54) is 36.4 Å². The van der Waals surface area contributed by atoms with Crippen molar-refractivity contribution >= 4 is 37.6 Å². The van der Waals surface area contributed by atoms with Crippen LogP contribution in [0.3, 0.4) is 0 Å². The largest absolute Gasteiger partial charge is 0.482 e. The van der Waals surface area contributed by atoms with E-state index in [4.69, 9.17) is 9.84 Å². The number of carboxylic acid groups (broad SMARTS) is 1. The van der Waals surface area contributed by atoms with Crippen LogP contribution in [0.1, 0.15) is 0 Å². The molecule has 0 unspecified atom stereocenters. The Labute approximate surface area is 135 Å². The number of anilines is 1. The molecule has 0 fully saturated rings. The summed E-state index contributed by atoms with van der Waals surface area (Å²) < 4.78 is 32.5. The van der Waals surface area contributed by atoms with E-state index in [0.29, 0.717) is 11.4 Å². The Morgan fingerprint density at radius 1 is 1.09 bits per heavy atom. The zero-order valence-electron chi connectivity index (χ0n) is 11.2. The van der Waals surface area contributed by atoms with Gasteiger partial charge >= 0.3 is 5.97 Å². The summed E-state index contributed by atoms with van der Waals surface area (Å²) in [6, 6.07) is 12.2. The molecule has 0 atom stereocenters. The molecule has 0 heterocycles. The number of hydrogen-bond donors (Lipinski definition) is 2. The van der Waals surface area contributed by atoms with Crippen LogP contribution in [0, 0.1) is 0 Å². The first-order chi connectivity index (χ1) is 10.4. The number of halogens is 1. The van der Waals surface area contributed by atoms with Crippen molar-refractivity contribution in [3.8, 4) is 5.75 Å². The fourth-order valence-electron chi connectivity index (χ4n) is 1.59. The number of carbonyl (C=O) groups is 1. The molecular formula is C14H12BrNO5S. The summed E-state index contributed by atoms with van der Waals surface area (Å²) in [5.74, 6) is -0.742. The highest BCUT2D eigenvalue weighted by molar-refractivity contribution is 9.10. The maximum atomic E-state index is 12.2. The number of benzene rings is 2. The van der Waals surface area contributed by atoms with Crippen molar-refractivity contribution in [1.82, 2.24) is 0 Å². The molecule has 8 heteroatoms. The summed E-state index contributed by atoms with van der Waals surface area (Å²) in [5, 5.41) is 8.51. The summed E-state index contributed by atoms with van der Waals surface area (Å²) in [6.07, 6.45) is 0. The van der Waals surface area contributed by atoms with Crippen LogP contribution in [0.2, 0.25) is 0 Å². The zero-order valence-corrected chi connectivity index (χ0v) is 13.6. The average Bonchev–Trinajstić information content (AvgIpc) is 2.46. The van der Waals surface area contributed by atoms with Crippen molar-refractivity contribution in [3.63, 3.8) is 0 Å². The van der Waals surface area contributed by atoms with Crippen molar-refractivity contribution in [2.75, 3.05) is 11.3 Å². The molecule has 22 heavy (non-hydrogen) atoms. The van der Waals surface area contributed by atoms with Crippen LogP contribution in [-0.2, 0) is 14.8 Å². The second-order valence-corrected chi connectivity index (χ2v) is 6.86. The zero-order chi connectivity index (χ0) is 16.2. The molecule has 0 saturated carbocycles. The molecule has 2 rings (SSSR count). The second kappa shape index (κ2) is 6.80. The van der Waals surface area contributed by atoms with Gasteiger partial charge in [-0.25, -0.2) is 13.2 Å². The predicted octanol–water partition coefficient (Wildman–Crippen LogP) is 2.71. The van der Waals surface area contributed by atoms with Crippen molar-refractivity contribution in [2.45, 2.75) is 4.90 Å². The Balaban J connectivity index is 2.09. The Morgan fingerprint density at radius 2 is 1.68 bits per heavy atom. The lowest BCUT2D eigenvalue weighted by Gasteiger charge is -2.09. The maximum Gasteiger partial charge on any atom is 0.341 e. The number of nitrogens with one attached hydrogen (secondary N) is 1. The molecule has 0 saturated heterocycles. The van der Waals surface area contributed by atoms with Gasteiger partial charge in [-0.15, -0.1) is 0 Å². The second-order valence-electron chi connectivity index (χ2n) is 4.27. The average molecular weight is 386 g/mol. The minimum atomic E-state index is -3.67. The molecule has 0 aliphatic rings. The topological polar surface area (TPSA) is 92.7 Å². The van der Waals surface area contributed by atoms with Crippen molar-refractivity contribution in [1.29, 1.82) is 0 Å². The van der Waals surface area contributed by atoms with E-state index >= 15 is 0 Å². The molecule has 0 bridgehead atoms. The van der Waals surface area contributed by atoms with Gasteiger partial charge in [0.15, 0.2) is 6.61 Å². The van der Waals surface area contributed by atoms with Gasteiger partial charge in [-0.2, -0.15) is 0 Å². The summed E-state index contributed by atoms with van der Waals surface area (Å²) in [7, 11) is -3.67. The van der Waals surface area contributed by atoms with Gasteiger partial charge in [0.05, 0.1) is 4.90 Å². The van der Waals surface area contributed by atoms with Crippen molar-refractivity contribution < 1.29 is 23.1 Å². The highest BCUT2D eigenvalue weighted by atomic mass is 79.9. The number of aliphatic carboxylic acids is 1. The summed E-state index contributed by atoms with van der Waals surface area (Å²) in [4.78, 5) is 10.5. The number of hydrogen-bond acceptors (Lipinski definition) is 4. The van der Waals surface area contributed by atoms with Gasteiger partial charge in [-0.3, -0.25) is 4.72 Å². The van der Waals surface area contributed by atoms with Crippen molar-refractivity contribution in [2.24, 2.45) is 0 Å². The highest BCUT2D eigenvalue weighted by Gasteiger charge is 2.13. The van der Waals surface area contributed by atoms with E-state index in [9.17, 15) is 13.2 Å². The Hall–Kier alpha value is -2.06. The first kappa shape index (κ1) is 16.3. The van der Waals surface area contributed by atoms with Gasteiger partial charge in [0.25, 0.3) is 10.0 Å². The standard InChI is InChI=1S/C14H12BrNO5S/c15-10-1-7-13(8-2-10)22(19,20)16-11-3-5-12(6-4-11)21-9-14(17)18/h1-8,16H,9H2,(H,17,18). The van der Waals surface area contributed by atoms with E-state index in [0.717, 1.165) is 4.47 Å². The molecule has 6 nitrogen and oxygen atoms in total. The molecule has 116 valence electrons. The van der Waals surface area contributed by atoms with E-state index in [1.54, 1.807) is 12.1 Å². The van der Waals surface area contributed by atoms with Crippen LogP contribution < -0.4 is 9.46 Å². The SMILES string of the molecule is O=C(O)COc1ccc(NS(=O)(=O)c2ccc(Br)cc2)cc1. The van der Waals surface area contributed by atoms with E-state index in [2.05, 4.69) is 20.7 Å². The van der Waals surface area contributed by atoms with Gasteiger partial charge < -0.3 is 9.84 Å². The first-order valence-electron chi connectivity index (χ1n) is 6.10. The molecule has 0 aliphatic carbocycles. The molecule has 0 aromatic heterocycles. The van der Waals surface area contributed by atoms with Gasteiger partial charge in [0.2, 0.25) is 0 Å². The molecule has 0 aliphatic heterocycles. The summed E-state index contributed by atoms with van der Waals surface area (Å²) in [5.41, 5.74) is 0.352. The van der Waals surface area contributed by atoms with Crippen LogP contribution in [-0.4, -0.2) is 26.1 Å². The van der Waals surface area contributed by atoms with Gasteiger partial charge in [0, 0.05) is 10.2 Å². The number of carboxylic acids is 1. The van der Waals surface area contributed by atoms with Crippen LogP contribution in [0.25, 0.3) is 0 Å². The van der Waals surface area contributed by atoms with Crippen LogP contribution >= 0.6 is 15.9 Å². The number of rotatable bonds is 6. The summed E-state index contributed by atoms with van der Waals surface area (Å²) >= 11 is 3.24. The van der Waals surface area contributed by atoms with Crippen LogP contribution in [0.15, 0.2) is 57.9 Å². The smallest absolute Gasteiger partial charge is 0.341 e. The lowest BCUT2D eigenvalue weighted by atomic mass is 10.3. The third kappa shape index (κ3) is 4.47. The normalized spacial score (nSPS) is 11.0. The minimum Gasteiger partial charge on any atom is -0.482 e. The lowest BCUT2D eigenvalue weighted by Crippen LogP contribution is -2.13. The number of sulfonamides is 1. The van der Waals surface area contributed by atoms with Gasteiger partial charge in [-0.1, -0.05) is 15.9 Å². The summed E-state index contributed by atoms with van der Waals surface area (Å²) in [6.45, 7) is -0.454. The third-order valence-electron chi connectivity index (χ3n) is 2.59. The van der Waals surface area contributed by atoms with E-state index in [-0.39, 0.29) is 4.90 Å². The fourth-order valence-corrected chi connectivity index (χ4v) is 2.92. The fraction of sp³-hybridized carbons (Fsp3) is 0.0714. The monoisotopic (exact) mass is 385 g/mol. The molecule has 0 spiro atoms. The lowest BCUT2D eigenvalue weighted by molar-refractivity contribution is -0.139. The van der Waals surface area contributed by atoms with E-state index < -0.39 is 22.6 Å². The third-order valence-corrected chi connectivity index (χ3v) is 4.52. The predicted molar refractivity (Wildman–Crippen MR) is 84.5 cm³/mol. The first-order valence-corrected chi connectivity index (χ1v) is 8.37. The molecule has 2 N–H and O–H groups in total. The van der Waals surface area contributed by atoms with Gasteiger partial charge in [-0.05, 0) is 48.5 Å². The molecular weight excluding hydrogens is 374 g/mol.